The highest BCUT2D eigenvalue weighted by atomic mass is 35.5. The van der Waals surface area contributed by atoms with Gasteiger partial charge in [-0.05, 0) is 23.7 Å². The summed E-state index contributed by atoms with van der Waals surface area (Å²) in [6.07, 6.45) is -4.95. The number of carbonyl (C=O) groups excluding carboxylic acids is 1. The van der Waals surface area contributed by atoms with E-state index in [4.69, 9.17) is 16.7 Å². The van der Waals surface area contributed by atoms with Gasteiger partial charge in [-0.25, -0.2) is 0 Å². The molecular formula is C8H4ClF3O3. The van der Waals surface area contributed by atoms with Gasteiger partial charge < -0.3 is 9.84 Å². The quantitative estimate of drug-likeness (QED) is 0.809. The third kappa shape index (κ3) is 3.02. The van der Waals surface area contributed by atoms with Crippen LogP contribution in [0.4, 0.5) is 13.2 Å². The topological polar surface area (TPSA) is 46.5 Å². The fraction of sp³-hybridized carbons (Fsp3) is 0.125. The minimum absolute atomic E-state index is 0.670. The number of carbonyl (C=O) groups is 1. The van der Waals surface area contributed by atoms with Crippen LogP contribution in [0.1, 0.15) is 10.4 Å². The number of phenolic OH excluding ortho intramolecular Hbond substituents is 1. The average molecular weight is 241 g/mol. The number of halogens is 4. The molecule has 0 heterocycles. The molecule has 0 radical (unpaired) electrons. The highest BCUT2D eigenvalue weighted by Crippen LogP contribution is 2.32. The predicted octanol–water partition coefficient (Wildman–Crippen LogP) is 2.67. The number of phenols is 1. The van der Waals surface area contributed by atoms with E-state index in [1.54, 1.807) is 0 Å². The number of alkyl halides is 3. The third-order valence-electron chi connectivity index (χ3n) is 1.43. The smallest absolute Gasteiger partial charge is 0.507 e. The van der Waals surface area contributed by atoms with Crippen molar-refractivity contribution in [1.29, 1.82) is 0 Å². The van der Waals surface area contributed by atoms with Crippen molar-refractivity contribution in [3.8, 4) is 11.5 Å². The van der Waals surface area contributed by atoms with E-state index in [2.05, 4.69) is 4.74 Å². The van der Waals surface area contributed by atoms with Gasteiger partial charge in [0.2, 0.25) is 0 Å². The van der Waals surface area contributed by atoms with Crippen LogP contribution in [0.2, 0.25) is 0 Å². The molecule has 0 unspecified atom stereocenters. The summed E-state index contributed by atoms with van der Waals surface area (Å²) in [6.45, 7) is 0. The Kier molecular flexibility index (Phi) is 3.09. The first-order valence-corrected chi connectivity index (χ1v) is 3.96. The Labute approximate surface area is 87.0 Å². The lowest BCUT2D eigenvalue weighted by Gasteiger charge is -2.11. The molecule has 15 heavy (non-hydrogen) atoms. The van der Waals surface area contributed by atoms with E-state index < -0.39 is 28.7 Å². The molecule has 7 heteroatoms. The highest BCUT2D eigenvalue weighted by Gasteiger charge is 2.33. The number of benzene rings is 1. The van der Waals surface area contributed by atoms with Crippen LogP contribution in [0.15, 0.2) is 18.2 Å². The Bertz CT molecular complexity index is 389. The van der Waals surface area contributed by atoms with E-state index in [9.17, 15) is 18.0 Å². The third-order valence-corrected chi connectivity index (χ3v) is 1.62. The minimum Gasteiger partial charge on any atom is -0.507 e. The van der Waals surface area contributed by atoms with Crippen molar-refractivity contribution in [2.75, 3.05) is 0 Å². The first-order valence-electron chi connectivity index (χ1n) is 3.59. The molecule has 82 valence electrons. The van der Waals surface area contributed by atoms with Gasteiger partial charge in [-0.1, -0.05) is 6.07 Å². The maximum Gasteiger partial charge on any atom is 0.573 e. The largest absolute Gasteiger partial charge is 0.573 e. The number of hydrogen-bond donors (Lipinski definition) is 1. The summed E-state index contributed by atoms with van der Waals surface area (Å²) in [4.78, 5) is 10.7. The molecule has 0 aliphatic heterocycles. The van der Waals surface area contributed by atoms with Crippen LogP contribution in [0.5, 0.6) is 11.5 Å². The molecule has 0 atom stereocenters. The van der Waals surface area contributed by atoms with Crippen LogP contribution >= 0.6 is 11.6 Å². The van der Waals surface area contributed by atoms with E-state index in [1.165, 1.54) is 0 Å². The number of ether oxygens (including phenoxy) is 1. The molecule has 0 saturated carbocycles. The van der Waals surface area contributed by atoms with Crippen molar-refractivity contribution in [1.82, 2.24) is 0 Å². The predicted molar refractivity (Wildman–Crippen MR) is 45.0 cm³/mol. The summed E-state index contributed by atoms with van der Waals surface area (Å²) < 4.78 is 39.1. The molecule has 0 bridgehead atoms. The van der Waals surface area contributed by atoms with Gasteiger partial charge >= 0.3 is 6.36 Å². The van der Waals surface area contributed by atoms with Gasteiger partial charge in [-0.3, -0.25) is 4.79 Å². The lowest BCUT2D eigenvalue weighted by atomic mass is 10.2. The Morgan fingerprint density at radius 2 is 2.00 bits per heavy atom. The first kappa shape index (κ1) is 11.6. The molecule has 0 fully saturated rings. The maximum absolute atomic E-state index is 11.9. The van der Waals surface area contributed by atoms with Gasteiger partial charge in [-0.2, -0.15) is 0 Å². The molecule has 3 nitrogen and oxygen atoms in total. The molecule has 1 N–H and O–H groups in total. The summed E-state index contributed by atoms with van der Waals surface area (Å²) >= 11 is 5.00. The summed E-state index contributed by atoms with van der Waals surface area (Å²) in [7, 11) is 0. The minimum atomic E-state index is -4.95. The Hall–Kier alpha value is -1.43. The van der Waals surface area contributed by atoms with E-state index >= 15 is 0 Å². The molecule has 0 amide bonds. The van der Waals surface area contributed by atoms with Crippen molar-refractivity contribution in [2.45, 2.75) is 6.36 Å². The second-order valence-corrected chi connectivity index (χ2v) is 2.82. The zero-order valence-corrected chi connectivity index (χ0v) is 7.76. The fourth-order valence-corrected chi connectivity index (χ4v) is 1.12. The monoisotopic (exact) mass is 240 g/mol. The van der Waals surface area contributed by atoms with Crippen molar-refractivity contribution >= 4 is 16.8 Å². The van der Waals surface area contributed by atoms with Crippen LogP contribution in [-0.2, 0) is 0 Å². The van der Waals surface area contributed by atoms with Crippen molar-refractivity contribution < 1.29 is 27.8 Å². The summed E-state index contributed by atoms with van der Waals surface area (Å²) in [5.74, 6) is -1.50. The fourth-order valence-electron chi connectivity index (χ4n) is 0.927. The van der Waals surface area contributed by atoms with E-state index in [1.807, 2.05) is 0 Å². The Morgan fingerprint density at radius 1 is 1.40 bits per heavy atom. The van der Waals surface area contributed by atoms with Crippen molar-refractivity contribution in [2.24, 2.45) is 0 Å². The standard InChI is InChI=1S/C8H4ClF3O3/c9-7(14)6-4(13)2-1-3-5(6)15-8(10,11)12/h1-3,13H. The maximum atomic E-state index is 11.9. The molecule has 0 aromatic heterocycles. The number of aromatic hydroxyl groups is 1. The summed E-state index contributed by atoms with van der Waals surface area (Å²) in [5.41, 5.74) is -0.712. The van der Waals surface area contributed by atoms with Crippen LogP contribution in [0.3, 0.4) is 0 Å². The van der Waals surface area contributed by atoms with Gasteiger partial charge in [0.15, 0.2) is 0 Å². The summed E-state index contributed by atoms with van der Waals surface area (Å²) in [6, 6.07) is 3.00. The van der Waals surface area contributed by atoms with Crippen molar-refractivity contribution in [3.05, 3.63) is 23.8 Å². The Balaban J connectivity index is 3.18. The average Bonchev–Trinajstić information content (AvgIpc) is 1.99. The normalized spacial score (nSPS) is 11.2. The zero-order valence-electron chi connectivity index (χ0n) is 7.01. The second kappa shape index (κ2) is 3.98. The van der Waals surface area contributed by atoms with Crippen LogP contribution in [-0.4, -0.2) is 16.7 Å². The SMILES string of the molecule is O=C(Cl)c1c(O)cccc1OC(F)(F)F. The van der Waals surface area contributed by atoms with Gasteiger partial charge in [-0.15, -0.1) is 13.2 Å². The lowest BCUT2D eigenvalue weighted by Crippen LogP contribution is -2.18. The molecule has 0 spiro atoms. The van der Waals surface area contributed by atoms with Crippen molar-refractivity contribution in [3.63, 3.8) is 0 Å². The molecule has 1 aromatic rings. The molecule has 0 aliphatic rings. The molecule has 1 rings (SSSR count). The van der Waals surface area contributed by atoms with Crippen LogP contribution in [0.25, 0.3) is 0 Å². The molecule has 0 aliphatic carbocycles. The number of hydrogen-bond acceptors (Lipinski definition) is 3. The molecular weight excluding hydrogens is 237 g/mol. The van der Waals surface area contributed by atoms with E-state index in [0.717, 1.165) is 18.2 Å². The first-order chi connectivity index (χ1) is 6.81. The molecule has 0 saturated heterocycles. The lowest BCUT2D eigenvalue weighted by molar-refractivity contribution is -0.274. The van der Waals surface area contributed by atoms with E-state index in [-0.39, 0.29) is 0 Å². The van der Waals surface area contributed by atoms with Gasteiger partial charge in [0, 0.05) is 0 Å². The molecule has 1 aromatic carbocycles. The van der Waals surface area contributed by atoms with E-state index in [0.29, 0.717) is 0 Å². The Morgan fingerprint density at radius 3 is 2.47 bits per heavy atom. The van der Waals surface area contributed by atoms with Gasteiger partial charge in [0.25, 0.3) is 5.24 Å². The second-order valence-electron chi connectivity index (χ2n) is 2.47. The van der Waals surface area contributed by atoms with Gasteiger partial charge in [0.05, 0.1) is 0 Å². The van der Waals surface area contributed by atoms with Gasteiger partial charge in [0.1, 0.15) is 17.1 Å². The van der Waals surface area contributed by atoms with Crippen LogP contribution < -0.4 is 4.74 Å². The zero-order chi connectivity index (χ0) is 11.6. The van der Waals surface area contributed by atoms with Crippen LogP contribution in [0, 0.1) is 0 Å². The highest BCUT2D eigenvalue weighted by molar-refractivity contribution is 6.68. The number of rotatable bonds is 2. The summed E-state index contributed by atoms with van der Waals surface area (Å²) in [5, 5.41) is 7.88.